The zero-order valence-electron chi connectivity index (χ0n) is 12.1. The van der Waals surface area contributed by atoms with Crippen molar-refractivity contribution in [3.63, 3.8) is 0 Å². The molecule has 0 bridgehead atoms. The summed E-state index contributed by atoms with van der Waals surface area (Å²) in [6, 6.07) is 7.22. The summed E-state index contributed by atoms with van der Waals surface area (Å²) >= 11 is 0. The van der Waals surface area contributed by atoms with Crippen molar-refractivity contribution in [2.75, 3.05) is 11.9 Å². The predicted octanol–water partition coefficient (Wildman–Crippen LogP) is 3.36. The number of aryl methyl sites for hydroxylation is 2. The van der Waals surface area contributed by atoms with E-state index in [1.807, 2.05) is 0 Å². The van der Waals surface area contributed by atoms with Gasteiger partial charge in [0.05, 0.1) is 0 Å². The van der Waals surface area contributed by atoms with Crippen molar-refractivity contribution < 1.29 is 0 Å². The molecule has 0 saturated carbocycles. The van der Waals surface area contributed by atoms with Gasteiger partial charge in [0.1, 0.15) is 0 Å². The molecule has 2 N–H and O–H groups in total. The van der Waals surface area contributed by atoms with Crippen LogP contribution in [0.4, 0.5) is 5.69 Å². The molecule has 0 aromatic heterocycles. The van der Waals surface area contributed by atoms with Crippen molar-refractivity contribution in [2.45, 2.75) is 58.5 Å². The van der Waals surface area contributed by atoms with Gasteiger partial charge in [0.2, 0.25) is 0 Å². The molecule has 2 nitrogen and oxygen atoms in total. The number of anilines is 1. The first-order valence-corrected chi connectivity index (χ1v) is 7.18. The Bertz CT molecular complexity index is 387. The molecule has 0 amide bonds. The standard InChI is InChI=1S/C16H26N2/c1-5-12-8-7-9-13(6-2)15(12)18-14-10-16(3,4)17-11-14/h7-9,14,17-18H,5-6,10-11H2,1-4H3. The maximum absolute atomic E-state index is 3.77. The third-order valence-corrected chi connectivity index (χ3v) is 3.93. The highest BCUT2D eigenvalue weighted by atomic mass is 15.1. The molecule has 0 aliphatic carbocycles. The first kappa shape index (κ1) is 13.4. The lowest BCUT2D eigenvalue weighted by molar-refractivity contribution is 0.457. The van der Waals surface area contributed by atoms with Crippen LogP contribution in [0.1, 0.15) is 45.2 Å². The van der Waals surface area contributed by atoms with E-state index in [-0.39, 0.29) is 5.54 Å². The molecule has 100 valence electrons. The van der Waals surface area contributed by atoms with Gasteiger partial charge in [-0.15, -0.1) is 0 Å². The van der Waals surface area contributed by atoms with Gasteiger partial charge in [0, 0.05) is 23.8 Å². The van der Waals surface area contributed by atoms with Crippen LogP contribution in [-0.2, 0) is 12.8 Å². The quantitative estimate of drug-likeness (QED) is 0.851. The molecule has 2 heteroatoms. The largest absolute Gasteiger partial charge is 0.381 e. The van der Waals surface area contributed by atoms with E-state index in [4.69, 9.17) is 0 Å². The Hall–Kier alpha value is -1.02. The fraction of sp³-hybridized carbons (Fsp3) is 0.625. The molecule has 2 rings (SSSR count). The molecule has 1 heterocycles. The highest BCUT2D eigenvalue weighted by Gasteiger charge is 2.30. The van der Waals surface area contributed by atoms with Crippen molar-refractivity contribution >= 4 is 5.69 Å². The van der Waals surface area contributed by atoms with Gasteiger partial charge in [-0.1, -0.05) is 32.0 Å². The van der Waals surface area contributed by atoms with Crippen molar-refractivity contribution in [1.29, 1.82) is 0 Å². The third-order valence-electron chi connectivity index (χ3n) is 3.93. The first-order chi connectivity index (χ1) is 8.55. The van der Waals surface area contributed by atoms with Crippen LogP contribution in [0.2, 0.25) is 0 Å². The Balaban J connectivity index is 2.18. The number of hydrogen-bond acceptors (Lipinski definition) is 2. The highest BCUT2D eigenvalue weighted by Crippen LogP contribution is 2.27. The van der Waals surface area contributed by atoms with E-state index in [2.05, 4.69) is 56.5 Å². The molecular weight excluding hydrogens is 220 g/mol. The van der Waals surface area contributed by atoms with Crippen LogP contribution in [0.25, 0.3) is 0 Å². The van der Waals surface area contributed by atoms with Crippen molar-refractivity contribution in [1.82, 2.24) is 5.32 Å². The average molecular weight is 246 g/mol. The lowest BCUT2D eigenvalue weighted by atomic mass is 9.99. The summed E-state index contributed by atoms with van der Waals surface area (Å²) in [5, 5.41) is 7.35. The monoisotopic (exact) mass is 246 g/mol. The normalized spacial score (nSPS) is 22.1. The minimum absolute atomic E-state index is 0.269. The van der Waals surface area contributed by atoms with E-state index < -0.39 is 0 Å². The molecule has 1 atom stereocenters. The first-order valence-electron chi connectivity index (χ1n) is 7.18. The summed E-state index contributed by atoms with van der Waals surface area (Å²) < 4.78 is 0. The summed E-state index contributed by atoms with van der Waals surface area (Å²) in [7, 11) is 0. The minimum atomic E-state index is 0.269. The Morgan fingerprint density at radius 2 is 1.83 bits per heavy atom. The Morgan fingerprint density at radius 3 is 2.28 bits per heavy atom. The summed E-state index contributed by atoms with van der Waals surface area (Å²) in [5.41, 5.74) is 4.54. The molecular formula is C16H26N2. The lowest BCUT2D eigenvalue weighted by Crippen LogP contribution is -2.31. The number of rotatable bonds is 4. The van der Waals surface area contributed by atoms with Crippen LogP contribution in [0.5, 0.6) is 0 Å². The van der Waals surface area contributed by atoms with Crippen LogP contribution < -0.4 is 10.6 Å². The Labute approximate surface area is 111 Å². The van der Waals surface area contributed by atoms with E-state index >= 15 is 0 Å². The van der Waals surface area contributed by atoms with Gasteiger partial charge in [-0.3, -0.25) is 0 Å². The van der Waals surface area contributed by atoms with Gasteiger partial charge in [0.15, 0.2) is 0 Å². The van der Waals surface area contributed by atoms with Crippen LogP contribution >= 0.6 is 0 Å². The Morgan fingerprint density at radius 1 is 1.22 bits per heavy atom. The number of hydrogen-bond donors (Lipinski definition) is 2. The van der Waals surface area contributed by atoms with Gasteiger partial charge in [-0.05, 0) is 44.2 Å². The second-order valence-electron chi connectivity index (χ2n) is 5.97. The second kappa shape index (κ2) is 5.31. The molecule has 1 fully saturated rings. The molecule has 1 aromatic carbocycles. The van der Waals surface area contributed by atoms with Gasteiger partial charge in [0.25, 0.3) is 0 Å². The van der Waals surface area contributed by atoms with Gasteiger partial charge in [-0.25, -0.2) is 0 Å². The number of para-hydroxylation sites is 1. The predicted molar refractivity (Wildman–Crippen MR) is 79.3 cm³/mol. The SMILES string of the molecule is CCc1cccc(CC)c1NC1CNC(C)(C)C1. The van der Waals surface area contributed by atoms with E-state index in [1.165, 1.54) is 23.2 Å². The zero-order valence-corrected chi connectivity index (χ0v) is 12.1. The van der Waals surface area contributed by atoms with E-state index in [1.54, 1.807) is 0 Å². The molecule has 0 radical (unpaired) electrons. The fourth-order valence-electron chi connectivity index (χ4n) is 2.89. The van der Waals surface area contributed by atoms with Crippen LogP contribution in [0.15, 0.2) is 18.2 Å². The number of nitrogens with one attached hydrogen (secondary N) is 2. The Kier molecular flexibility index (Phi) is 3.96. The minimum Gasteiger partial charge on any atom is -0.381 e. The van der Waals surface area contributed by atoms with Crippen LogP contribution in [0, 0.1) is 0 Å². The molecule has 1 unspecified atom stereocenters. The fourth-order valence-corrected chi connectivity index (χ4v) is 2.89. The van der Waals surface area contributed by atoms with E-state index in [0.717, 1.165) is 19.4 Å². The number of benzene rings is 1. The van der Waals surface area contributed by atoms with Crippen LogP contribution in [0.3, 0.4) is 0 Å². The van der Waals surface area contributed by atoms with Gasteiger partial charge >= 0.3 is 0 Å². The summed E-state index contributed by atoms with van der Waals surface area (Å²) in [6.07, 6.45) is 3.38. The highest BCUT2D eigenvalue weighted by molar-refractivity contribution is 5.58. The summed E-state index contributed by atoms with van der Waals surface area (Å²) in [4.78, 5) is 0. The molecule has 1 aromatic rings. The van der Waals surface area contributed by atoms with Gasteiger partial charge in [-0.2, -0.15) is 0 Å². The molecule has 1 aliphatic heterocycles. The average Bonchev–Trinajstić information content (AvgIpc) is 2.69. The zero-order chi connectivity index (χ0) is 13.2. The smallest absolute Gasteiger partial charge is 0.0407 e. The molecule has 1 saturated heterocycles. The van der Waals surface area contributed by atoms with Gasteiger partial charge < -0.3 is 10.6 Å². The molecule has 0 spiro atoms. The molecule has 1 aliphatic rings. The topological polar surface area (TPSA) is 24.1 Å². The summed E-state index contributed by atoms with van der Waals surface area (Å²) in [6.45, 7) is 10.1. The second-order valence-corrected chi connectivity index (χ2v) is 5.97. The lowest BCUT2D eigenvalue weighted by Gasteiger charge is -2.21. The maximum atomic E-state index is 3.77. The van der Waals surface area contributed by atoms with E-state index in [0.29, 0.717) is 6.04 Å². The maximum Gasteiger partial charge on any atom is 0.0407 e. The molecule has 18 heavy (non-hydrogen) atoms. The van der Waals surface area contributed by atoms with Crippen molar-refractivity contribution in [3.8, 4) is 0 Å². The van der Waals surface area contributed by atoms with Crippen molar-refractivity contribution in [3.05, 3.63) is 29.3 Å². The van der Waals surface area contributed by atoms with E-state index in [9.17, 15) is 0 Å². The van der Waals surface area contributed by atoms with Crippen molar-refractivity contribution in [2.24, 2.45) is 0 Å². The third kappa shape index (κ3) is 2.86. The summed E-state index contributed by atoms with van der Waals surface area (Å²) in [5.74, 6) is 0. The van der Waals surface area contributed by atoms with Crippen LogP contribution in [-0.4, -0.2) is 18.1 Å².